The molecule has 0 aliphatic heterocycles. The second kappa shape index (κ2) is 6.49. The number of carbonyl (C=O) groups is 1. The average Bonchev–Trinajstić information content (AvgIpc) is 2.01. The Hall–Kier alpha value is -0.0826. The predicted molar refractivity (Wildman–Crippen MR) is 69.9 cm³/mol. The number of Topliss-reactive ketones (excluding diaryl/α,β-unsaturated/α-hetero) is 1. The summed E-state index contributed by atoms with van der Waals surface area (Å²) in [6.07, 6.45) is 1.46. The van der Waals surface area contributed by atoms with Gasteiger partial charge in [0.15, 0.2) is 5.78 Å². The third-order valence-corrected chi connectivity index (χ3v) is 2.62. The molecule has 1 unspecified atom stereocenters. The van der Waals surface area contributed by atoms with Crippen LogP contribution in [0.3, 0.4) is 0 Å². The van der Waals surface area contributed by atoms with Crippen LogP contribution in [0.4, 0.5) is 0 Å². The van der Waals surface area contributed by atoms with Gasteiger partial charge >= 0.3 is 0 Å². The third kappa shape index (κ3) is 3.76. The Bertz CT molecular complexity index is 338. The van der Waals surface area contributed by atoms with Gasteiger partial charge in [-0.2, -0.15) is 0 Å². The predicted octanol–water partition coefficient (Wildman–Crippen LogP) is 2.68. The molecule has 0 aliphatic carbocycles. The smallest absolute Gasteiger partial charge is 0.163 e. The molecule has 0 heterocycles. The molecule has 1 aromatic carbocycles. The fourth-order valence-corrected chi connectivity index (χ4v) is 2.14. The summed E-state index contributed by atoms with van der Waals surface area (Å²) in [5, 5.41) is 0. The molecule has 15 heavy (non-hydrogen) atoms. The van der Waals surface area contributed by atoms with E-state index in [0.717, 1.165) is 22.9 Å². The molecule has 0 bridgehead atoms. The Morgan fingerprint density at radius 1 is 1.20 bits per heavy atom. The molecule has 0 aliphatic rings. The number of rotatable bonds is 3. The van der Waals surface area contributed by atoms with Crippen LogP contribution in [0.25, 0.3) is 0 Å². The van der Waals surface area contributed by atoms with Crippen molar-refractivity contribution in [2.24, 2.45) is 0 Å². The molecule has 1 radical (unpaired) electrons. The number of benzene rings is 1. The summed E-state index contributed by atoms with van der Waals surface area (Å²) < 4.78 is 0. The van der Waals surface area contributed by atoms with Crippen LogP contribution < -0.4 is 0 Å². The van der Waals surface area contributed by atoms with Gasteiger partial charge in [-0.05, 0) is 38.1 Å². The number of carbonyl (C=O) groups excluding carboxylic acids is 1. The molecule has 1 rings (SSSR count). The van der Waals surface area contributed by atoms with Gasteiger partial charge < -0.3 is 0 Å². The van der Waals surface area contributed by atoms with E-state index in [4.69, 9.17) is 0 Å². The van der Waals surface area contributed by atoms with E-state index in [1.807, 2.05) is 13.8 Å². The first-order valence-corrected chi connectivity index (χ1v) is 5.69. The van der Waals surface area contributed by atoms with E-state index >= 15 is 0 Å². The normalized spacial score (nSPS) is 9.60. The monoisotopic (exact) mass is 215 g/mol. The Balaban J connectivity index is 0.00000196. The third-order valence-electron chi connectivity index (χ3n) is 2.33. The fourth-order valence-electron chi connectivity index (χ4n) is 1.88. The number of ketones is 1. The van der Waals surface area contributed by atoms with Crippen molar-refractivity contribution in [2.75, 3.05) is 6.16 Å². The molecule has 0 fully saturated rings. The van der Waals surface area contributed by atoms with Crippen molar-refractivity contribution in [2.45, 2.75) is 27.2 Å². The summed E-state index contributed by atoms with van der Waals surface area (Å²) in [6.45, 7) is 6.08. The maximum Gasteiger partial charge on any atom is 0.163 e. The van der Waals surface area contributed by atoms with Crippen molar-refractivity contribution in [3.8, 4) is 0 Å². The van der Waals surface area contributed by atoms with Crippen LogP contribution in [0.2, 0.25) is 0 Å². The van der Waals surface area contributed by atoms with Crippen molar-refractivity contribution < 1.29 is 4.79 Å². The summed E-state index contributed by atoms with van der Waals surface area (Å²) in [6, 6.07) is 4.14. The summed E-state index contributed by atoms with van der Waals surface area (Å²) in [7, 11) is 2.59. The first-order chi connectivity index (χ1) is 6.56. The molecule has 0 saturated heterocycles. The molecule has 0 amide bonds. The fraction of sp³-hybridized carbons (Fsp3) is 0.417. The van der Waals surface area contributed by atoms with E-state index in [2.05, 4.69) is 28.3 Å². The van der Waals surface area contributed by atoms with Crippen LogP contribution in [0, 0.1) is 20.8 Å². The van der Waals surface area contributed by atoms with Crippen molar-refractivity contribution in [3.63, 3.8) is 0 Å². The van der Waals surface area contributed by atoms with E-state index in [-0.39, 0.29) is 24.6 Å². The molecule has 1 atom stereocenters. The van der Waals surface area contributed by atoms with Crippen LogP contribution in [0.5, 0.6) is 0 Å². The molecule has 77 valence electrons. The van der Waals surface area contributed by atoms with Gasteiger partial charge in [0.1, 0.15) is 0 Å². The number of hydrogen-bond acceptors (Lipinski definition) is 1. The number of aryl methyl sites for hydroxylation is 3. The molecule has 0 aromatic heterocycles. The summed E-state index contributed by atoms with van der Waals surface area (Å²) >= 11 is 0. The summed E-state index contributed by atoms with van der Waals surface area (Å²) in [5.41, 5.74) is 4.34. The zero-order chi connectivity index (χ0) is 10.7. The van der Waals surface area contributed by atoms with E-state index < -0.39 is 0 Å². The van der Waals surface area contributed by atoms with Gasteiger partial charge in [0.25, 0.3) is 0 Å². The second-order valence-corrected chi connectivity index (χ2v) is 4.31. The molecular formula is C12H17LiOP. The average molecular weight is 215 g/mol. The molecule has 0 spiro atoms. The maximum absolute atomic E-state index is 11.8. The van der Waals surface area contributed by atoms with Crippen molar-refractivity contribution >= 4 is 33.9 Å². The van der Waals surface area contributed by atoms with Crippen molar-refractivity contribution in [1.82, 2.24) is 0 Å². The molecule has 1 nitrogen and oxygen atoms in total. The van der Waals surface area contributed by atoms with Crippen LogP contribution in [-0.2, 0) is 0 Å². The number of hydrogen-bond donors (Lipinski definition) is 0. The first kappa shape index (κ1) is 14.9. The topological polar surface area (TPSA) is 17.1 Å². The minimum Gasteiger partial charge on any atom is -0.294 e. The largest absolute Gasteiger partial charge is 0.294 e. The summed E-state index contributed by atoms with van der Waals surface area (Å²) in [4.78, 5) is 11.8. The van der Waals surface area contributed by atoms with Gasteiger partial charge in [-0.25, -0.2) is 0 Å². The van der Waals surface area contributed by atoms with E-state index in [1.54, 1.807) is 0 Å². The quantitative estimate of drug-likeness (QED) is 0.430. The first-order valence-electron chi connectivity index (χ1n) is 4.87. The van der Waals surface area contributed by atoms with E-state index in [0.29, 0.717) is 6.42 Å². The maximum atomic E-state index is 11.8. The minimum absolute atomic E-state index is 0. The Morgan fingerprint density at radius 3 is 2.07 bits per heavy atom. The Morgan fingerprint density at radius 2 is 1.67 bits per heavy atom. The van der Waals surface area contributed by atoms with Crippen LogP contribution >= 0.6 is 9.24 Å². The van der Waals surface area contributed by atoms with E-state index in [9.17, 15) is 4.79 Å². The van der Waals surface area contributed by atoms with Crippen LogP contribution in [0.15, 0.2) is 12.1 Å². The van der Waals surface area contributed by atoms with Gasteiger partial charge in [0.05, 0.1) is 0 Å². The van der Waals surface area contributed by atoms with Gasteiger partial charge in [-0.1, -0.05) is 17.7 Å². The van der Waals surface area contributed by atoms with Crippen LogP contribution in [-0.4, -0.2) is 30.8 Å². The molecule has 3 heteroatoms. The standard InChI is InChI=1S/C12H17OP.Li/c1-8-6-9(2)12(10(3)7-8)11(13)4-5-14;/h6-7H,4-5,14H2,1-3H3;. The van der Waals surface area contributed by atoms with E-state index in [1.165, 1.54) is 5.56 Å². The van der Waals surface area contributed by atoms with Gasteiger partial charge in [0.2, 0.25) is 0 Å². The molecule has 0 N–H and O–H groups in total. The minimum atomic E-state index is 0. The Labute approximate surface area is 106 Å². The molecular weight excluding hydrogens is 198 g/mol. The van der Waals surface area contributed by atoms with Crippen molar-refractivity contribution in [3.05, 3.63) is 34.4 Å². The molecule has 1 aromatic rings. The molecule has 0 saturated carbocycles. The zero-order valence-electron chi connectivity index (χ0n) is 10.1. The van der Waals surface area contributed by atoms with Gasteiger partial charge in [0, 0.05) is 30.8 Å². The van der Waals surface area contributed by atoms with Crippen LogP contribution in [0.1, 0.15) is 33.5 Å². The summed E-state index contributed by atoms with van der Waals surface area (Å²) in [5.74, 6) is 0.259. The Kier molecular flexibility index (Phi) is 6.45. The van der Waals surface area contributed by atoms with Gasteiger partial charge in [-0.15, -0.1) is 9.24 Å². The van der Waals surface area contributed by atoms with Crippen molar-refractivity contribution in [1.29, 1.82) is 0 Å². The van der Waals surface area contributed by atoms with Gasteiger partial charge in [-0.3, -0.25) is 4.79 Å². The zero-order valence-corrected chi connectivity index (χ0v) is 11.2. The second-order valence-electron chi connectivity index (χ2n) is 3.74. The SMILES string of the molecule is Cc1cc(C)c(C(=O)CCP)c(C)c1.[Li].